The number of hydrogen-bond donors (Lipinski definition) is 1. The fraction of sp³-hybridized carbons (Fsp3) is 0.357. The van der Waals surface area contributed by atoms with Gasteiger partial charge in [-0.15, -0.1) is 11.6 Å². The number of carbonyl (C=O) groups is 2. The summed E-state index contributed by atoms with van der Waals surface area (Å²) < 4.78 is 0. The van der Waals surface area contributed by atoms with Crippen molar-refractivity contribution in [1.29, 1.82) is 0 Å². The van der Waals surface area contributed by atoms with E-state index in [4.69, 9.17) is 11.6 Å². The van der Waals surface area contributed by atoms with E-state index in [0.717, 1.165) is 16.8 Å². The summed E-state index contributed by atoms with van der Waals surface area (Å²) >= 11 is 5.49. The van der Waals surface area contributed by atoms with Crippen molar-refractivity contribution in [3.8, 4) is 0 Å². The minimum absolute atomic E-state index is 0.0692. The van der Waals surface area contributed by atoms with E-state index in [1.54, 1.807) is 12.2 Å². The van der Waals surface area contributed by atoms with Crippen molar-refractivity contribution < 1.29 is 9.59 Å². The lowest BCUT2D eigenvalue weighted by Gasteiger charge is -2.28. The first-order valence-electron chi connectivity index (χ1n) is 6.09. The number of halogens is 1. The maximum absolute atomic E-state index is 11.7. The van der Waals surface area contributed by atoms with Crippen molar-refractivity contribution in [2.45, 2.75) is 20.3 Å². The number of nitrogens with one attached hydrogen (secondary N) is 1. The van der Waals surface area contributed by atoms with Crippen LogP contribution in [-0.2, 0) is 9.59 Å². The van der Waals surface area contributed by atoms with Gasteiger partial charge in [0.2, 0.25) is 5.91 Å². The van der Waals surface area contributed by atoms with Gasteiger partial charge < -0.3 is 5.32 Å². The van der Waals surface area contributed by atoms with E-state index in [1.807, 2.05) is 19.9 Å². The molecule has 0 aromatic heterocycles. The molecule has 0 saturated carbocycles. The minimum Gasteiger partial charge on any atom is -0.325 e. The first-order valence-corrected chi connectivity index (χ1v) is 6.62. The lowest BCUT2D eigenvalue weighted by molar-refractivity contribution is -0.118. The quantitative estimate of drug-likeness (QED) is 0.787. The number of allylic oxidation sites excluding steroid dienone is 3. The van der Waals surface area contributed by atoms with Crippen LogP contribution in [0.5, 0.6) is 0 Å². The highest BCUT2D eigenvalue weighted by Gasteiger charge is 2.27. The average molecular weight is 279 g/mol. The molecular weight excluding hydrogens is 264 g/mol. The smallest absolute Gasteiger partial charge is 0.251 e. The molecule has 0 radical (unpaired) electrons. The Hall–Kier alpha value is -1.68. The van der Waals surface area contributed by atoms with Crippen molar-refractivity contribution in [3.63, 3.8) is 0 Å². The van der Waals surface area contributed by atoms with E-state index in [-0.39, 0.29) is 30.0 Å². The minimum atomic E-state index is -0.254. The maximum Gasteiger partial charge on any atom is 0.251 e. The van der Waals surface area contributed by atoms with Gasteiger partial charge in [-0.05, 0) is 26.0 Å². The van der Waals surface area contributed by atoms with Gasteiger partial charge in [-0.2, -0.15) is 0 Å². The number of rotatable bonds is 2. The van der Waals surface area contributed by atoms with Crippen molar-refractivity contribution in [1.82, 2.24) is 5.32 Å². The lowest BCUT2D eigenvalue weighted by Crippen LogP contribution is -2.35. The van der Waals surface area contributed by atoms with Gasteiger partial charge >= 0.3 is 0 Å². The van der Waals surface area contributed by atoms with Gasteiger partial charge in [0.1, 0.15) is 0 Å². The van der Waals surface area contributed by atoms with Crippen LogP contribution in [-0.4, -0.2) is 23.4 Å². The summed E-state index contributed by atoms with van der Waals surface area (Å²) in [7, 11) is 0. The molecule has 0 saturated heterocycles. The maximum atomic E-state index is 11.7. The summed E-state index contributed by atoms with van der Waals surface area (Å²) in [5.41, 5.74) is 3.09. The molecule has 1 unspecified atom stereocenters. The van der Waals surface area contributed by atoms with Crippen LogP contribution in [0.2, 0.25) is 0 Å². The van der Waals surface area contributed by atoms with Crippen molar-refractivity contribution in [2.75, 3.05) is 5.88 Å². The van der Waals surface area contributed by atoms with Gasteiger partial charge in [-0.1, -0.05) is 11.6 Å². The van der Waals surface area contributed by atoms with Crippen LogP contribution in [0.3, 0.4) is 0 Å². The number of aliphatic imine (C=N–C) groups is 1. The summed E-state index contributed by atoms with van der Waals surface area (Å²) in [6.45, 7) is 3.75. The van der Waals surface area contributed by atoms with Gasteiger partial charge in [-0.3, -0.25) is 9.59 Å². The number of fused-ring (bicyclic) bond motifs is 1. The van der Waals surface area contributed by atoms with E-state index in [2.05, 4.69) is 10.3 Å². The number of carbonyl (C=O) groups excluding carboxylic acids is 2. The predicted molar refractivity (Wildman–Crippen MR) is 75.0 cm³/mol. The highest BCUT2D eigenvalue weighted by Crippen LogP contribution is 2.29. The molecule has 4 nitrogen and oxygen atoms in total. The first-order chi connectivity index (χ1) is 9.02. The van der Waals surface area contributed by atoms with E-state index in [1.165, 1.54) is 0 Å². The molecule has 1 aliphatic heterocycles. The van der Waals surface area contributed by atoms with Crippen molar-refractivity contribution in [3.05, 3.63) is 35.1 Å². The number of hydrogen-bond acceptors (Lipinski definition) is 2. The third-order valence-corrected chi connectivity index (χ3v) is 3.51. The molecule has 1 heterocycles. The molecule has 1 aliphatic carbocycles. The molecule has 0 fully saturated rings. The zero-order chi connectivity index (χ0) is 14.0. The van der Waals surface area contributed by atoms with Crippen molar-refractivity contribution in [2.24, 2.45) is 10.9 Å². The molecule has 1 N–H and O–H groups in total. The molecule has 19 heavy (non-hydrogen) atoms. The second-order valence-electron chi connectivity index (χ2n) is 4.57. The largest absolute Gasteiger partial charge is 0.325 e. The van der Waals surface area contributed by atoms with E-state index in [0.29, 0.717) is 5.71 Å². The van der Waals surface area contributed by atoms with Gasteiger partial charge in [0.05, 0.1) is 5.71 Å². The van der Waals surface area contributed by atoms with E-state index >= 15 is 0 Å². The third-order valence-electron chi connectivity index (χ3n) is 3.32. The van der Waals surface area contributed by atoms with Crippen LogP contribution in [0.4, 0.5) is 0 Å². The van der Waals surface area contributed by atoms with Gasteiger partial charge in [0.25, 0.3) is 5.91 Å². The summed E-state index contributed by atoms with van der Waals surface area (Å²) in [5, 5.41) is 2.83. The van der Waals surface area contributed by atoms with Crippen LogP contribution in [0, 0.1) is 5.92 Å². The first kappa shape index (κ1) is 13.7. The molecule has 100 valence electrons. The van der Waals surface area contributed by atoms with Gasteiger partial charge in [-0.25, -0.2) is 4.99 Å². The fourth-order valence-electron chi connectivity index (χ4n) is 2.07. The highest BCUT2D eigenvalue weighted by atomic mass is 35.5. The Balaban J connectivity index is 2.27. The highest BCUT2D eigenvalue weighted by molar-refractivity contribution is 6.19. The van der Waals surface area contributed by atoms with Crippen LogP contribution in [0.25, 0.3) is 0 Å². The van der Waals surface area contributed by atoms with Gasteiger partial charge in [0.15, 0.2) is 0 Å². The normalized spacial score (nSPS) is 24.2. The fourth-order valence-corrected chi connectivity index (χ4v) is 2.24. The Labute approximate surface area is 116 Å². The molecule has 2 rings (SSSR count). The Bertz CT molecular complexity index is 556. The molecule has 0 aromatic carbocycles. The molecule has 0 aromatic rings. The summed E-state index contributed by atoms with van der Waals surface area (Å²) in [6.07, 6.45) is 5.70. The number of nitrogens with zero attached hydrogens (tertiary/aromatic N) is 1. The van der Waals surface area contributed by atoms with Gasteiger partial charge in [0, 0.05) is 29.5 Å². The second kappa shape index (κ2) is 5.53. The molecule has 1 atom stereocenters. The SMILES string of the molecule is CC1=C(C)C2C=CC(=NC(=O)CCCl)C=C2NC1=O. The topological polar surface area (TPSA) is 58.5 Å². The van der Waals surface area contributed by atoms with Crippen LogP contribution in [0.1, 0.15) is 20.3 Å². The molecule has 0 bridgehead atoms. The monoisotopic (exact) mass is 278 g/mol. The van der Waals surface area contributed by atoms with E-state index < -0.39 is 0 Å². The summed E-state index contributed by atoms with van der Waals surface area (Å²) in [6, 6.07) is 0. The van der Waals surface area contributed by atoms with E-state index in [9.17, 15) is 9.59 Å². The Morgan fingerprint density at radius 3 is 2.89 bits per heavy atom. The third kappa shape index (κ3) is 2.84. The van der Waals surface area contributed by atoms with Crippen LogP contribution < -0.4 is 5.32 Å². The number of amides is 2. The van der Waals surface area contributed by atoms with Crippen molar-refractivity contribution >= 4 is 29.1 Å². The van der Waals surface area contributed by atoms with Crippen LogP contribution >= 0.6 is 11.6 Å². The zero-order valence-corrected chi connectivity index (χ0v) is 11.6. The number of alkyl halides is 1. The average Bonchev–Trinajstić information content (AvgIpc) is 2.36. The Morgan fingerprint density at radius 2 is 2.21 bits per heavy atom. The zero-order valence-electron chi connectivity index (χ0n) is 10.9. The lowest BCUT2D eigenvalue weighted by atomic mass is 9.85. The second-order valence-corrected chi connectivity index (χ2v) is 4.95. The molecule has 5 heteroatoms. The molecule has 2 amide bonds. The molecule has 2 aliphatic rings. The summed E-state index contributed by atoms with van der Waals surface area (Å²) in [5.74, 6) is -0.0203. The van der Waals surface area contributed by atoms with Crippen LogP contribution in [0.15, 0.2) is 40.1 Å². The summed E-state index contributed by atoms with van der Waals surface area (Å²) in [4.78, 5) is 27.1. The molecular formula is C14H15ClN2O2. The predicted octanol–water partition coefficient (Wildman–Crippen LogP) is 2.12. The Kier molecular flexibility index (Phi) is 4.00. The molecule has 0 spiro atoms. The Morgan fingerprint density at radius 1 is 1.47 bits per heavy atom. The standard InChI is InChI=1S/C14H15ClN2O2/c1-8-9(2)14(19)17-12-7-10(3-4-11(8)12)16-13(18)5-6-15/h3-4,7,11H,5-6H2,1-2H3,(H,17,19).